The predicted molar refractivity (Wildman–Crippen MR) is 128 cm³/mol. The predicted octanol–water partition coefficient (Wildman–Crippen LogP) is 3.50. The Hall–Kier alpha value is -3.94. The second kappa shape index (κ2) is 10.1. The van der Waals surface area contributed by atoms with Crippen molar-refractivity contribution in [1.29, 1.82) is 0 Å². The van der Waals surface area contributed by atoms with Gasteiger partial charge < -0.3 is 29.4 Å². The molecule has 0 atom stereocenters. The van der Waals surface area contributed by atoms with Gasteiger partial charge in [0.2, 0.25) is 5.75 Å². The monoisotopic (exact) mass is 451 g/mol. The smallest absolute Gasteiger partial charge is 0.268 e. The summed E-state index contributed by atoms with van der Waals surface area (Å²) in [6.07, 6.45) is 3.59. The summed E-state index contributed by atoms with van der Waals surface area (Å²) < 4.78 is 18.0. The zero-order chi connectivity index (χ0) is 24.1. The molecule has 0 aliphatic rings. The summed E-state index contributed by atoms with van der Waals surface area (Å²) in [4.78, 5) is 26.1. The fourth-order valence-electron chi connectivity index (χ4n) is 3.55. The summed E-state index contributed by atoms with van der Waals surface area (Å²) in [5, 5.41) is 6.56. The topological polar surface area (TPSA) is 90.8 Å². The van der Waals surface area contributed by atoms with Crippen molar-refractivity contribution in [2.75, 3.05) is 21.3 Å². The second-order valence-electron chi connectivity index (χ2n) is 7.77. The molecule has 8 heteroatoms. The first-order chi connectivity index (χ1) is 15.8. The van der Waals surface area contributed by atoms with Crippen molar-refractivity contribution >= 4 is 28.8 Å². The lowest BCUT2D eigenvalue weighted by Crippen LogP contribution is -2.38. The largest absolute Gasteiger partial charge is 0.493 e. The molecule has 2 amide bonds. The molecule has 0 radical (unpaired) electrons. The van der Waals surface area contributed by atoms with Crippen molar-refractivity contribution < 1.29 is 23.8 Å². The van der Waals surface area contributed by atoms with E-state index in [4.69, 9.17) is 14.2 Å². The summed E-state index contributed by atoms with van der Waals surface area (Å²) in [7, 11) is 6.37. The molecule has 2 N–H and O–H groups in total. The lowest BCUT2D eigenvalue weighted by atomic mass is 10.1. The lowest BCUT2D eigenvalue weighted by Gasteiger charge is -2.16. The van der Waals surface area contributed by atoms with Crippen LogP contribution in [0.15, 0.2) is 48.3 Å². The van der Waals surface area contributed by atoms with Gasteiger partial charge in [-0.05, 0) is 38.1 Å². The minimum absolute atomic E-state index is 0.105. The van der Waals surface area contributed by atoms with Gasteiger partial charge in [0.1, 0.15) is 5.70 Å². The highest BCUT2D eigenvalue weighted by molar-refractivity contribution is 6.07. The molecular formula is C25H29N3O5. The van der Waals surface area contributed by atoms with Crippen molar-refractivity contribution in [3.63, 3.8) is 0 Å². The minimum Gasteiger partial charge on any atom is -0.493 e. The van der Waals surface area contributed by atoms with Crippen LogP contribution in [-0.2, 0) is 11.8 Å². The number of fused-ring (bicyclic) bond motifs is 1. The number of nitrogens with zero attached hydrogens (tertiary/aromatic N) is 1. The molecule has 33 heavy (non-hydrogen) atoms. The first-order valence-corrected chi connectivity index (χ1v) is 10.5. The van der Waals surface area contributed by atoms with Crippen LogP contribution in [0.25, 0.3) is 17.0 Å². The molecule has 2 aromatic carbocycles. The van der Waals surface area contributed by atoms with E-state index in [1.165, 1.54) is 33.5 Å². The summed E-state index contributed by atoms with van der Waals surface area (Å²) in [6, 6.07) is 10.8. The Morgan fingerprint density at radius 1 is 1.00 bits per heavy atom. The van der Waals surface area contributed by atoms with Crippen molar-refractivity contribution in [2.45, 2.75) is 19.9 Å². The number of nitrogens with one attached hydrogen (secondary N) is 2. The van der Waals surface area contributed by atoms with Crippen LogP contribution in [0.3, 0.4) is 0 Å². The maximum absolute atomic E-state index is 13.2. The highest BCUT2D eigenvalue weighted by atomic mass is 16.5. The van der Waals surface area contributed by atoms with Gasteiger partial charge in [0, 0.05) is 41.3 Å². The number of hydrogen-bond donors (Lipinski definition) is 2. The van der Waals surface area contributed by atoms with Crippen LogP contribution in [0, 0.1) is 0 Å². The number of methoxy groups -OCH3 is 3. The Balaban J connectivity index is 2.03. The number of aromatic nitrogens is 1. The SMILES string of the molecule is COc1cc(C(=O)NC(=Cc2cn(C)c3ccccc23)C(=O)NC(C)C)cc(OC)c1OC. The second-order valence-corrected chi connectivity index (χ2v) is 7.77. The van der Waals surface area contributed by atoms with E-state index < -0.39 is 11.8 Å². The number of ether oxygens (including phenoxy) is 3. The van der Waals surface area contributed by atoms with E-state index in [1.54, 1.807) is 6.08 Å². The molecule has 0 bridgehead atoms. The molecule has 0 saturated heterocycles. The highest BCUT2D eigenvalue weighted by Gasteiger charge is 2.20. The maximum Gasteiger partial charge on any atom is 0.268 e. The normalized spacial score (nSPS) is 11.4. The number of para-hydroxylation sites is 1. The summed E-state index contributed by atoms with van der Waals surface area (Å²) in [5.41, 5.74) is 2.21. The number of aryl methyl sites for hydroxylation is 1. The Labute approximate surface area is 193 Å². The van der Waals surface area contributed by atoms with Gasteiger partial charge in [-0.2, -0.15) is 0 Å². The van der Waals surface area contributed by atoms with Crippen LogP contribution in [0.2, 0.25) is 0 Å². The molecule has 0 fully saturated rings. The molecule has 174 valence electrons. The van der Waals surface area contributed by atoms with E-state index >= 15 is 0 Å². The zero-order valence-electron chi connectivity index (χ0n) is 19.7. The molecule has 1 heterocycles. The molecule has 3 aromatic rings. The molecular weight excluding hydrogens is 422 g/mol. The van der Waals surface area contributed by atoms with Crippen LogP contribution < -0.4 is 24.8 Å². The summed E-state index contributed by atoms with van der Waals surface area (Å²) >= 11 is 0. The molecule has 0 aliphatic carbocycles. The van der Waals surface area contributed by atoms with Gasteiger partial charge in [-0.3, -0.25) is 9.59 Å². The van der Waals surface area contributed by atoms with Crippen LogP contribution in [0.1, 0.15) is 29.8 Å². The fraction of sp³-hybridized carbons (Fsp3) is 0.280. The maximum atomic E-state index is 13.2. The van der Waals surface area contributed by atoms with Gasteiger partial charge >= 0.3 is 0 Å². The molecule has 0 aliphatic heterocycles. The van der Waals surface area contributed by atoms with Crippen LogP contribution >= 0.6 is 0 Å². The molecule has 1 aromatic heterocycles. The van der Waals surface area contributed by atoms with Gasteiger partial charge in [-0.15, -0.1) is 0 Å². The van der Waals surface area contributed by atoms with Crippen LogP contribution in [0.5, 0.6) is 17.2 Å². The van der Waals surface area contributed by atoms with Crippen LogP contribution in [0.4, 0.5) is 0 Å². The first kappa shape index (κ1) is 23.7. The third kappa shape index (κ3) is 5.11. The molecule has 0 saturated carbocycles. The van der Waals surface area contributed by atoms with E-state index in [-0.39, 0.29) is 17.3 Å². The zero-order valence-corrected chi connectivity index (χ0v) is 19.7. The van der Waals surface area contributed by atoms with E-state index in [0.29, 0.717) is 17.2 Å². The molecule has 3 rings (SSSR count). The standard InChI is InChI=1S/C25H29N3O5/c1-15(2)26-25(30)19(11-17-14-28(3)20-10-8-7-9-18(17)20)27-24(29)16-12-21(31-4)23(33-6)22(13-16)32-5/h7-15H,1-6H3,(H,26,30)(H,27,29). The van der Waals surface area contributed by atoms with E-state index in [1.807, 2.05) is 55.9 Å². The fourth-order valence-corrected chi connectivity index (χ4v) is 3.55. The van der Waals surface area contributed by atoms with Crippen molar-refractivity contribution in [1.82, 2.24) is 15.2 Å². The number of rotatable bonds is 8. The average Bonchev–Trinajstić information content (AvgIpc) is 3.12. The van der Waals surface area contributed by atoms with Crippen molar-refractivity contribution in [3.05, 3.63) is 59.4 Å². The summed E-state index contributed by atoms with van der Waals surface area (Å²) in [5.74, 6) is 0.181. The van der Waals surface area contributed by atoms with Gasteiger partial charge in [0.15, 0.2) is 11.5 Å². The average molecular weight is 452 g/mol. The molecule has 0 spiro atoms. The Kier molecular flexibility index (Phi) is 7.27. The van der Waals surface area contributed by atoms with Gasteiger partial charge in [-0.25, -0.2) is 0 Å². The van der Waals surface area contributed by atoms with E-state index in [2.05, 4.69) is 10.6 Å². The minimum atomic E-state index is -0.486. The number of carbonyl (C=O) groups excluding carboxylic acids is 2. The van der Waals surface area contributed by atoms with Crippen LogP contribution in [-0.4, -0.2) is 43.8 Å². The molecule has 8 nitrogen and oxygen atoms in total. The Morgan fingerprint density at radius 2 is 1.64 bits per heavy atom. The molecule has 0 unspecified atom stereocenters. The van der Waals surface area contributed by atoms with Gasteiger partial charge in [0.25, 0.3) is 11.8 Å². The third-order valence-electron chi connectivity index (χ3n) is 5.07. The van der Waals surface area contributed by atoms with E-state index in [0.717, 1.165) is 16.5 Å². The van der Waals surface area contributed by atoms with Gasteiger partial charge in [-0.1, -0.05) is 18.2 Å². The number of hydrogen-bond acceptors (Lipinski definition) is 5. The quantitative estimate of drug-likeness (QED) is 0.512. The highest BCUT2D eigenvalue weighted by Crippen LogP contribution is 2.38. The lowest BCUT2D eigenvalue weighted by molar-refractivity contribution is -0.118. The number of amides is 2. The van der Waals surface area contributed by atoms with Crippen molar-refractivity contribution in [3.8, 4) is 17.2 Å². The first-order valence-electron chi connectivity index (χ1n) is 10.5. The van der Waals surface area contributed by atoms with E-state index in [9.17, 15) is 9.59 Å². The summed E-state index contributed by atoms with van der Waals surface area (Å²) in [6.45, 7) is 3.71. The number of carbonyl (C=O) groups is 2. The van der Waals surface area contributed by atoms with Gasteiger partial charge in [0.05, 0.1) is 21.3 Å². The third-order valence-corrected chi connectivity index (χ3v) is 5.07. The Bertz CT molecular complexity index is 1180. The number of benzene rings is 2. The Morgan fingerprint density at radius 3 is 2.21 bits per heavy atom. The van der Waals surface area contributed by atoms with Crippen molar-refractivity contribution in [2.24, 2.45) is 7.05 Å².